The SMILES string of the molecule is N=C1C=Cc2ccc3ccc(-c4nc(-c5ccccc5)nc(-c5cccc6c5-c5ccccc5C6(c5ccccc5)c5ccccc5)n4)cc3c2/C1=N/Nc1ccccc1. The van der Waals surface area contributed by atoms with E-state index in [2.05, 4.69) is 139 Å². The largest absolute Gasteiger partial charge is 0.299 e. The lowest BCUT2D eigenvalue weighted by Gasteiger charge is -2.33. The smallest absolute Gasteiger partial charge is 0.164 e. The van der Waals surface area contributed by atoms with E-state index in [-0.39, 0.29) is 0 Å². The van der Waals surface area contributed by atoms with E-state index in [1.54, 1.807) is 6.08 Å². The number of hydrazone groups is 1. The molecule has 2 N–H and O–H groups in total. The quantitative estimate of drug-likeness (QED) is 0.158. The zero-order valence-corrected chi connectivity index (χ0v) is 32.4. The fourth-order valence-corrected chi connectivity index (χ4v) is 9.04. The van der Waals surface area contributed by atoms with Crippen LogP contribution in [0.1, 0.15) is 33.4 Å². The van der Waals surface area contributed by atoms with Crippen molar-refractivity contribution < 1.29 is 0 Å². The van der Waals surface area contributed by atoms with Gasteiger partial charge in [0.1, 0.15) is 5.71 Å². The van der Waals surface area contributed by atoms with Crippen LogP contribution in [0.2, 0.25) is 0 Å². The molecule has 0 atom stereocenters. The van der Waals surface area contributed by atoms with Gasteiger partial charge >= 0.3 is 0 Å². The summed E-state index contributed by atoms with van der Waals surface area (Å²) in [6.07, 6.45) is 3.78. The molecule has 60 heavy (non-hydrogen) atoms. The van der Waals surface area contributed by atoms with E-state index in [1.165, 1.54) is 22.3 Å². The van der Waals surface area contributed by atoms with Gasteiger partial charge < -0.3 is 0 Å². The van der Waals surface area contributed by atoms with Gasteiger partial charge in [-0.25, -0.2) is 15.0 Å². The van der Waals surface area contributed by atoms with Crippen molar-refractivity contribution in [2.45, 2.75) is 5.41 Å². The summed E-state index contributed by atoms with van der Waals surface area (Å²) in [5.41, 5.74) is 16.0. The lowest BCUT2D eigenvalue weighted by atomic mass is 9.67. The molecule has 2 aliphatic rings. The maximum atomic E-state index is 8.94. The molecule has 0 saturated carbocycles. The highest BCUT2D eigenvalue weighted by Gasteiger charge is 2.47. The van der Waals surface area contributed by atoms with Crippen molar-refractivity contribution in [3.05, 3.63) is 234 Å². The van der Waals surface area contributed by atoms with E-state index in [0.717, 1.165) is 55.4 Å². The van der Waals surface area contributed by atoms with Crippen molar-refractivity contribution >= 4 is 34.0 Å². The summed E-state index contributed by atoms with van der Waals surface area (Å²) in [6.45, 7) is 0. The zero-order valence-electron chi connectivity index (χ0n) is 32.4. The highest BCUT2D eigenvalue weighted by atomic mass is 15.3. The molecule has 9 aromatic rings. The summed E-state index contributed by atoms with van der Waals surface area (Å²) in [4.78, 5) is 15.8. The Morgan fingerprint density at radius 1 is 0.467 bits per heavy atom. The Morgan fingerprint density at radius 3 is 1.78 bits per heavy atom. The Balaban J connectivity index is 1.13. The van der Waals surface area contributed by atoms with Crippen molar-refractivity contribution in [2.75, 3.05) is 5.43 Å². The van der Waals surface area contributed by atoms with Crippen LogP contribution in [0.4, 0.5) is 5.69 Å². The zero-order chi connectivity index (χ0) is 40.0. The Labute approximate surface area is 347 Å². The fourth-order valence-electron chi connectivity index (χ4n) is 9.04. The monoisotopic (exact) mass is 768 g/mol. The van der Waals surface area contributed by atoms with Crippen molar-refractivity contribution in [3.8, 4) is 45.3 Å². The number of allylic oxidation sites excluding steroid dienone is 1. The maximum absolute atomic E-state index is 8.94. The van der Waals surface area contributed by atoms with Crippen LogP contribution in [-0.4, -0.2) is 26.4 Å². The number of anilines is 1. The predicted molar refractivity (Wildman–Crippen MR) is 244 cm³/mol. The molecule has 0 bridgehead atoms. The lowest BCUT2D eigenvalue weighted by Crippen LogP contribution is -2.28. The van der Waals surface area contributed by atoms with E-state index in [1.807, 2.05) is 66.7 Å². The minimum Gasteiger partial charge on any atom is -0.299 e. The second kappa shape index (κ2) is 14.4. The molecule has 0 radical (unpaired) electrons. The average molecular weight is 769 g/mol. The standard InChI is InChI=1S/C54H36N6/c55-47-33-32-36-30-28-35-29-31-38(34-44(35)48(36)50(47)60-59-41-22-11-4-12-23-41)52-56-51(37-16-5-1-6-17-37)57-53(58-52)43-25-15-27-46-49(43)42-24-13-14-26-45(42)54(46,39-18-7-2-8-19-39)40-20-9-3-10-21-40/h1-34,55,59H/b55-47?,60-50+. The van der Waals surface area contributed by atoms with Crippen molar-refractivity contribution in [2.24, 2.45) is 5.10 Å². The minimum atomic E-state index is -0.559. The molecule has 1 aromatic heterocycles. The summed E-state index contributed by atoms with van der Waals surface area (Å²) < 4.78 is 0. The van der Waals surface area contributed by atoms with Crippen molar-refractivity contribution in [1.82, 2.24) is 15.0 Å². The van der Waals surface area contributed by atoms with E-state index in [9.17, 15) is 0 Å². The Hall–Kier alpha value is -8.09. The highest BCUT2D eigenvalue weighted by Crippen LogP contribution is 2.58. The van der Waals surface area contributed by atoms with Crippen LogP contribution in [0.5, 0.6) is 0 Å². The molecule has 8 aromatic carbocycles. The number of nitrogens with zero attached hydrogens (tertiary/aromatic N) is 4. The molecule has 0 spiro atoms. The second-order valence-corrected chi connectivity index (χ2v) is 15.1. The number of aromatic nitrogens is 3. The topological polar surface area (TPSA) is 86.9 Å². The molecule has 0 aliphatic heterocycles. The number of hydrogen-bond donors (Lipinski definition) is 2. The van der Waals surface area contributed by atoms with Crippen molar-refractivity contribution in [1.29, 1.82) is 5.41 Å². The normalized spacial score (nSPS) is 14.1. The molecule has 11 rings (SSSR count). The molecule has 0 unspecified atom stereocenters. The number of fused-ring (bicyclic) bond motifs is 6. The third-order valence-corrected chi connectivity index (χ3v) is 11.7. The first kappa shape index (κ1) is 35.1. The van der Waals surface area contributed by atoms with Gasteiger partial charge in [0.25, 0.3) is 0 Å². The number of para-hydroxylation sites is 1. The molecule has 0 fully saturated rings. The number of benzene rings is 8. The number of hydrogen-bond acceptors (Lipinski definition) is 6. The molecule has 6 nitrogen and oxygen atoms in total. The average Bonchev–Trinajstić information content (AvgIpc) is 3.63. The van der Waals surface area contributed by atoms with Crippen LogP contribution >= 0.6 is 0 Å². The molecule has 0 amide bonds. The molecule has 282 valence electrons. The van der Waals surface area contributed by atoms with Gasteiger partial charge in [-0.15, -0.1) is 0 Å². The third kappa shape index (κ3) is 5.69. The fraction of sp³-hybridized carbons (Fsp3) is 0.0185. The third-order valence-electron chi connectivity index (χ3n) is 11.7. The minimum absolute atomic E-state index is 0.331. The molecule has 1 heterocycles. The molecular weight excluding hydrogens is 733 g/mol. The first-order valence-electron chi connectivity index (χ1n) is 20.1. The van der Waals surface area contributed by atoms with Crippen molar-refractivity contribution in [3.63, 3.8) is 0 Å². The molecular formula is C54H36N6. The Morgan fingerprint density at radius 2 is 1.05 bits per heavy atom. The van der Waals surface area contributed by atoms with E-state index < -0.39 is 5.41 Å². The first-order chi connectivity index (χ1) is 29.7. The first-order valence-corrected chi connectivity index (χ1v) is 20.1. The van der Waals surface area contributed by atoms with Gasteiger partial charge in [0, 0.05) is 22.3 Å². The predicted octanol–water partition coefficient (Wildman–Crippen LogP) is 12.3. The van der Waals surface area contributed by atoms with Crippen LogP contribution in [0.15, 0.2) is 205 Å². The summed E-state index contributed by atoms with van der Waals surface area (Å²) >= 11 is 0. The number of nitrogens with one attached hydrogen (secondary N) is 2. The summed E-state index contributed by atoms with van der Waals surface area (Å²) in [7, 11) is 0. The van der Waals surface area contributed by atoms with Gasteiger partial charge in [0.2, 0.25) is 0 Å². The molecule has 2 aliphatic carbocycles. The van der Waals surface area contributed by atoms with Crippen LogP contribution in [0.3, 0.4) is 0 Å². The Bertz CT molecular complexity index is 3140. The van der Waals surface area contributed by atoms with E-state index in [0.29, 0.717) is 28.9 Å². The summed E-state index contributed by atoms with van der Waals surface area (Å²) in [5.74, 6) is 1.74. The van der Waals surface area contributed by atoms with Crippen LogP contribution in [0, 0.1) is 5.41 Å². The summed E-state index contributed by atoms with van der Waals surface area (Å²) in [6, 6.07) is 67.4. The molecule has 0 saturated heterocycles. The number of rotatable bonds is 7. The van der Waals surface area contributed by atoms with Gasteiger partial charge in [-0.1, -0.05) is 182 Å². The lowest BCUT2D eigenvalue weighted by molar-refractivity contribution is 0.768. The van der Waals surface area contributed by atoms with E-state index in [4.69, 9.17) is 25.5 Å². The van der Waals surface area contributed by atoms with Gasteiger partial charge in [-0.05, 0) is 74.0 Å². The summed E-state index contributed by atoms with van der Waals surface area (Å²) in [5, 5.41) is 15.7. The van der Waals surface area contributed by atoms with Crippen LogP contribution in [-0.2, 0) is 5.41 Å². The highest BCUT2D eigenvalue weighted by molar-refractivity contribution is 6.55. The second-order valence-electron chi connectivity index (χ2n) is 15.1. The Kier molecular flexibility index (Phi) is 8.41. The van der Waals surface area contributed by atoms with Gasteiger partial charge in [-0.2, -0.15) is 5.10 Å². The van der Waals surface area contributed by atoms with Crippen LogP contribution in [0.25, 0.3) is 62.1 Å². The van der Waals surface area contributed by atoms with Gasteiger partial charge in [-0.3, -0.25) is 10.8 Å². The van der Waals surface area contributed by atoms with Gasteiger partial charge in [0.15, 0.2) is 17.5 Å². The van der Waals surface area contributed by atoms with Crippen LogP contribution < -0.4 is 5.43 Å². The maximum Gasteiger partial charge on any atom is 0.164 e. The molecule has 6 heteroatoms. The van der Waals surface area contributed by atoms with Gasteiger partial charge in [0.05, 0.1) is 16.8 Å². The van der Waals surface area contributed by atoms with E-state index >= 15 is 0 Å².